The van der Waals surface area contributed by atoms with Gasteiger partial charge in [-0.3, -0.25) is 14.8 Å². The molecule has 21 heavy (non-hydrogen) atoms. The fourth-order valence-electron chi connectivity index (χ4n) is 1.55. The number of sulfonamides is 1. The van der Waals surface area contributed by atoms with Crippen molar-refractivity contribution in [3.8, 4) is 0 Å². The molecule has 0 aliphatic heterocycles. The summed E-state index contributed by atoms with van der Waals surface area (Å²) in [5.74, 6) is 0. The zero-order valence-corrected chi connectivity index (χ0v) is 13.1. The van der Waals surface area contributed by atoms with Gasteiger partial charge in [0.25, 0.3) is 15.7 Å². The second-order valence-electron chi connectivity index (χ2n) is 4.11. The highest BCUT2D eigenvalue weighted by atomic mass is 35.5. The number of benzene rings is 1. The zero-order valence-electron chi connectivity index (χ0n) is 10.7. The average molecular weight is 348 g/mol. The fourth-order valence-corrected chi connectivity index (χ4v) is 4.34. The van der Waals surface area contributed by atoms with E-state index in [9.17, 15) is 18.5 Å². The normalized spacial score (nSPS) is 11.3. The average Bonchev–Trinajstić information content (AvgIpc) is 2.78. The Bertz CT molecular complexity index is 817. The molecule has 3 N–H and O–H groups in total. The number of nitro groups is 1. The standard InChI is InChI=1S/C11H10ClN3O4S2/c1-6-7(13)3-2-4-8(6)14-21(18,19)10-5-9(15(16)17)11(12)20-10/h2-5,14H,13H2,1H3. The van der Waals surface area contributed by atoms with Gasteiger partial charge in [0.1, 0.15) is 4.21 Å². The molecular weight excluding hydrogens is 338 g/mol. The van der Waals surface area contributed by atoms with Crippen LogP contribution in [0.2, 0.25) is 4.34 Å². The predicted octanol–water partition coefficient (Wildman–Crippen LogP) is 3.00. The van der Waals surface area contributed by atoms with E-state index < -0.39 is 20.6 Å². The highest BCUT2D eigenvalue weighted by Gasteiger charge is 2.25. The van der Waals surface area contributed by atoms with Crippen LogP contribution in [0.5, 0.6) is 0 Å². The maximum atomic E-state index is 12.2. The summed E-state index contributed by atoms with van der Waals surface area (Å²) in [6.45, 7) is 1.66. The fraction of sp³-hybridized carbons (Fsp3) is 0.0909. The Morgan fingerprint density at radius 1 is 1.43 bits per heavy atom. The number of anilines is 2. The molecule has 1 aromatic carbocycles. The van der Waals surface area contributed by atoms with E-state index in [2.05, 4.69) is 4.72 Å². The minimum Gasteiger partial charge on any atom is -0.398 e. The Morgan fingerprint density at radius 3 is 2.67 bits per heavy atom. The van der Waals surface area contributed by atoms with E-state index in [0.29, 0.717) is 28.3 Å². The SMILES string of the molecule is Cc1c(N)cccc1NS(=O)(=O)c1cc([N+](=O)[O-])c(Cl)s1. The molecule has 1 aromatic heterocycles. The summed E-state index contributed by atoms with van der Waals surface area (Å²) in [4.78, 5) is 9.98. The highest BCUT2D eigenvalue weighted by Crippen LogP contribution is 2.37. The van der Waals surface area contributed by atoms with Crippen LogP contribution >= 0.6 is 22.9 Å². The second-order valence-corrected chi connectivity index (χ2v) is 7.67. The number of nitrogens with zero attached hydrogens (tertiary/aromatic N) is 1. The van der Waals surface area contributed by atoms with Crippen LogP contribution in [0.15, 0.2) is 28.5 Å². The number of thiophene rings is 1. The smallest absolute Gasteiger partial charge is 0.300 e. The van der Waals surface area contributed by atoms with Gasteiger partial charge in [-0.15, -0.1) is 11.3 Å². The Labute approximate surface area is 129 Å². The third-order valence-electron chi connectivity index (χ3n) is 2.73. The van der Waals surface area contributed by atoms with Crippen molar-refractivity contribution in [1.82, 2.24) is 0 Å². The van der Waals surface area contributed by atoms with E-state index in [1.807, 2.05) is 0 Å². The first-order chi connectivity index (χ1) is 9.72. The molecule has 10 heteroatoms. The number of nitrogens with two attached hydrogens (primary N) is 1. The van der Waals surface area contributed by atoms with E-state index in [-0.39, 0.29) is 8.55 Å². The third kappa shape index (κ3) is 3.09. The van der Waals surface area contributed by atoms with Gasteiger partial charge in [0, 0.05) is 11.8 Å². The third-order valence-corrected chi connectivity index (χ3v) is 5.90. The molecule has 0 spiro atoms. The van der Waals surface area contributed by atoms with Crippen LogP contribution in [0.1, 0.15) is 5.56 Å². The first-order valence-electron chi connectivity index (χ1n) is 5.54. The molecule has 112 valence electrons. The predicted molar refractivity (Wildman–Crippen MR) is 82.4 cm³/mol. The number of nitrogens with one attached hydrogen (secondary N) is 1. The molecule has 0 saturated carbocycles. The van der Waals surface area contributed by atoms with Gasteiger partial charge >= 0.3 is 0 Å². The molecule has 0 bridgehead atoms. The number of nitrogen functional groups attached to an aromatic ring is 1. The van der Waals surface area contributed by atoms with Crippen molar-refractivity contribution in [3.63, 3.8) is 0 Å². The molecule has 0 aliphatic rings. The van der Waals surface area contributed by atoms with Gasteiger partial charge in [0.15, 0.2) is 4.34 Å². The van der Waals surface area contributed by atoms with E-state index in [0.717, 1.165) is 6.07 Å². The molecule has 0 fully saturated rings. The molecular formula is C11H10ClN3O4S2. The van der Waals surface area contributed by atoms with Crippen LogP contribution in [0, 0.1) is 17.0 Å². The number of halogens is 1. The molecule has 0 amide bonds. The maximum absolute atomic E-state index is 12.2. The van der Waals surface area contributed by atoms with Crippen LogP contribution in [0.25, 0.3) is 0 Å². The van der Waals surface area contributed by atoms with E-state index in [1.54, 1.807) is 25.1 Å². The van der Waals surface area contributed by atoms with Crippen molar-refractivity contribution >= 4 is 50.0 Å². The first-order valence-corrected chi connectivity index (χ1v) is 8.22. The topological polar surface area (TPSA) is 115 Å². The molecule has 0 saturated heterocycles. The molecule has 0 atom stereocenters. The van der Waals surface area contributed by atoms with Crippen molar-refractivity contribution < 1.29 is 13.3 Å². The first kappa shape index (κ1) is 15.5. The van der Waals surface area contributed by atoms with Crippen molar-refractivity contribution in [2.75, 3.05) is 10.5 Å². The van der Waals surface area contributed by atoms with Gasteiger partial charge in [-0.25, -0.2) is 8.42 Å². The second kappa shape index (κ2) is 5.51. The van der Waals surface area contributed by atoms with Gasteiger partial charge in [-0.05, 0) is 24.6 Å². The number of hydrogen-bond acceptors (Lipinski definition) is 6. The molecule has 7 nitrogen and oxygen atoms in total. The molecule has 0 radical (unpaired) electrons. The summed E-state index contributed by atoms with van der Waals surface area (Å²) < 4.78 is 26.4. The summed E-state index contributed by atoms with van der Waals surface area (Å²) in [5.41, 5.74) is 6.58. The largest absolute Gasteiger partial charge is 0.398 e. The van der Waals surface area contributed by atoms with Crippen LogP contribution in [0.4, 0.5) is 17.1 Å². The van der Waals surface area contributed by atoms with Gasteiger partial charge in [-0.1, -0.05) is 17.7 Å². The van der Waals surface area contributed by atoms with E-state index in [1.165, 1.54) is 0 Å². The van der Waals surface area contributed by atoms with Crippen LogP contribution in [-0.4, -0.2) is 13.3 Å². The Hall–Kier alpha value is -1.84. The van der Waals surface area contributed by atoms with Crippen molar-refractivity contribution in [3.05, 3.63) is 44.3 Å². The Morgan fingerprint density at radius 2 is 2.10 bits per heavy atom. The molecule has 1 heterocycles. The summed E-state index contributed by atoms with van der Waals surface area (Å²) in [7, 11) is -3.96. The monoisotopic (exact) mass is 347 g/mol. The molecule has 2 aromatic rings. The van der Waals surface area contributed by atoms with Crippen LogP contribution in [0.3, 0.4) is 0 Å². The minimum absolute atomic E-state index is 0.190. The zero-order chi connectivity index (χ0) is 15.8. The van der Waals surface area contributed by atoms with Gasteiger partial charge in [0.2, 0.25) is 0 Å². The van der Waals surface area contributed by atoms with Crippen molar-refractivity contribution in [2.24, 2.45) is 0 Å². The van der Waals surface area contributed by atoms with E-state index >= 15 is 0 Å². The van der Waals surface area contributed by atoms with Gasteiger partial charge < -0.3 is 5.73 Å². The molecule has 0 aliphatic carbocycles. The van der Waals surface area contributed by atoms with E-state index in [4.69, 9.17) is 17.3 Å². The maximum Gasteiger partial charge on any atom is 0.300 e. The van der Waals surface area contributed by atoms with Gasteiger partial charge in [0.05, 0.1) is 10.6 Å². The summed E-state index contributed by atoms with van der Waals surface area (Å²) in [5, 5.41) is 10.7. The minimum atomic E-state index is -3.96. The summed E-state index contributed by atoms with van der Waals surface area (Å²) >= 11 is 6.29. The van der Waals surface area contributed by atoms with Crippen molar-refractivity contribution in [1.29, 1.82) is 0 Å². The van der Waals surface area contributed by atoms with Crippen molar-refractivity contribution in [2.45, 2.75) is 11.1 Å². The van der Waals surface area contributed by atoms with Crippen LogP contribution < -0.4 is 10.5 Å². The Balaban J connectivity index is 2.41. The molecule has 2 rings (SSSR count). The lowest BCUT2D eigenvalue weighted by Crippen LogP contribution is -2.12. The number of rotatable bonds is 4. The quantitative estimate of drug-likeness (QED) is 0.501. The Kier molecular flexibility index (Phi) is 4.08. The lowest BCUT2D eigenvalue weighted by molar-refractivity contribution is -0.384. The van der Waals surface area contributed by atoms with Gasteiger partial charge in [-0.2, -0.15) is 0 Å². The number of hydrogen-bond donors (Lipinski definition) is 2. The van der Waals surface area contributed by atoms with Crippen LogP contribution in [-0.2, 0) is 10.0 Å². The summed E-state index contributed by atoms with van der Waals surface area (Å²) in [6, 6.07) is 5.72. The highest BCUT2D eigenvalue weighted by molar-refractivity contribution is 7.94. The lowest BCUT2D eigenvalue weighted by atomic mass is 10.2. The lowest BCUT2D eigenvalue weighted by Gasteiger charge is -2.10. The summed E-state index contributed by atoms with van der Waals surface area (Å²) in [6.07, 6.45) is 0. The molecule has 0 unspecified atom stereocenters.